The molecule has 0 fully saturated rings. The van der Waals surface area contributed by atoms with Gasteiger partial charge in [0.2, 0.25) is 11.1 Å². The van der Waals surface area contributed by atoms with Crippen LogP contribution in [0.3, 0.4) is 0 Å². The van der Waals surface area contributed by atoms with E-state index in [-0.39, 0.29) is 11.2 Å². The second-order valence-corrected chi connectivity index (χ2v) is 7.89. The number of hydrogen-bond donors (Lipinski definition) is 1. The van der Waals surface area contributed by atoms with E-state index in [1.165, 1.54) is 17.3 Å². The minimum Gasteiger partial charge on any atom is -0.325 e. The van der Waals surface area contributed by atoms with E-state index in [9.17, 15) is 4.79 Å². The second kappa shape index (κ2) is 8.52. The third-order valence-corrected chi connectivity index (χ3v) is 5.45. The van der Waals surface area contributed by atoms with Gasteiger partial charge in [0.25, 0.3) is 5.78 Å². The molecule has 2 heterocycles. The van der Waals surface area contributed by atoms with E-state index in [2.05, 4.69) is 34.2 Å². The molecule has 0 saturated heterocycles. The third-order valence-electron chi connectivity index (χ3n) is 4.50. The Bertz CT molecular complexity index is 938. The van der Waals surface area contributed by atoms with Crippen LogP contribution in [0.1, 0.15) is 43.6 Å². The summed E-state index contributed by atoms with van der Waals surface area (Å²) in [5, 5.41) is 7.74. The third kappa shape index (κ3) is 4.47. The van der Waals surface area contributed by atoms with Crippen LogP contribution >= 0.6 is 11.8 Å². The van der Waals surface area contributed by atoms with Gasteiger partial charge in [-0.15, -0.1) is 5.10 Å². The summed E-state index contributed by atoms with van der Waals surface area (Å²) in [5.41, 5.74) is 4.10. The molecule has 0 aliphatic carbocycles. The SMILES string of the molecule is CCCCc1c(C)nc2nc(SC(C)C(=O)Nc3ccccc3)nn2c1C. The lowest BCUT2D eigenvalue weighted by atomic mass is 10.1. The topological polar surface area (TPSA) is 72.2 Å². The Morgan fingerprint density at radius 2 is 1.96 bits per heavy atom. The van der Waals surface area contributed by atoms with Crippen molar-refractivity contribution >= 4 is 29.1 Å². The van der Waals surface area contributed by atoms with Gasteiger partial charge in [-0.2, -0.15) is 4.98 Å². The molecule has 142 valence electrons. The number of rotatable bonds is 7. The van der Waals surface area contributed by atoms with Crippen molar-refractivity contribution in [3.05, 3.63) is 47.3 Å². The first-order valence-electron chi connectivity index (χ1n) is 9.25. The van der Waals surface area contributed by atoms with Crippen LogP contribution in [-0.4, -0.2) is 30.7 Å². The number of aryl methyl sites for hydroxylation is 2. The van der Waals surface area contributed by atoms with E-state index in [0.29, 0.717) is 10.9 Å². The summed E-state index contributed by atoms with van der Waals surface area (Å²) >= 11 is 1.34. The molecular weight excluding hydrogens is 358 g/mol. The van der Waals surface area contributed by atoms with E-state index >= 15 is 0 Å². The Balaban J connectivity index is 1.77. The second-order valence-electron chi connectivity index (χ2n) is 6.59. The highest BCUT2D eigenvalue weighted by molar-refractivity contribution is 8.00. The lowest BCUT2D eigenvalue weighted by Crippen LogP contribution is -2.22. The summed E-state index contributed by atoms with van der Waals surface area (Å²) in [7, 11) is 0. The average Bonchev–Trinajstić information content (AvgIpc) is 3.04. The highest BCUT2D eigenvalue weighted by Crippen LogP contribution is 2.23. The molecule has 0 saturated carbocycles. The lowest BCUT2D eigenvalue weighted by Gasteiger charge is -2.10. The van der Waals surface area contributed by atoms with Gasteiger partial charge in [0.15, 0.2) is 0 Å². The molecular formula is C20H25N5OS. The fourth-order valence-electron chi connectivity index (χ4n) is 2.93. The van der Waals surface area contributed by atoms with Gasteiger partial charge in [-0.3, -0.25) is 4.79 Å². The van der Waals surface area contributed by atoms with Gasteiger partial charge in [-0.1, -0.05) is 43.3 Å². The Kier molecular flexibility index (Phi) is 6.11. The first-order valence-corrected chi connectivity index (χ1v) is 10.1. The number of thioether (sulfide) groups is 1. The van der Waals surface area contributed by atoms with Crippen LogP contribution in [0.25, 0.3) is 5.78 Å². The number of carbonyl (C=O) groups excluding carboxylic acids is 1. The Morgan fingerprint density at radius 3 is 2.67 bits per heavy atom. The van der Waals surface area contributed by atoms with Crippen molar-refractivity contribution in [1.82, 2.24) is 19.6 Å². The number of fused-ring (bicyclic) bond motifs is 1. The van der Waals surface area contributed by atoms with Gasteiger partial charge in [-0.25, -0.2) is 9.50 Å². The van der Waals surface area contributed by atoms with Crippen LogP contribution in [0.5, 0.6) is 0 Å². The molecule has 1 atom stereocenters. The van der Waals surface area contributed by atoms with Crippen molar-refractivity contribution in [2.45, 2.75) is 57.4 Å². The van der Waals surface area contributed by atoms with Crippen molar-refractivity contribution in [3.8, 4) is 0 Å². The first kappa shape index (κ1) is 19.4. The van der Waals surface area contributed by atoms with Gasteiger partial charge in [0.1, 0.15) is 0 Å². The first-order chi connectivity index (χ1) is 13.0. The molecule has 3 aromatic rings. The fourth-order valence-corrected chi connectivity index (χ4v) is 3.68. The number of hydrogen-bond acceptors (Lipinski definition) is 5. The molecule has 1 N–H and O–H groups in total. The highest BCUT2D eigenvalue weighted by atomic mass is 32.2. The maximum atomic E-state index is 12.4. The molecule has 1 unspecified atom stereocenters. The number of aromatic nitrogens is 4. The standard InChI is InChI=1S/C20H25N5OS/c1-5-6-12-17-13(2)21-19-23-20(24-25(19)14(17)3)27-15(4)18(26)22-16-10-8-7-9-11-16/h7-11,15H,5-6,12H2,1-4H3,(H,22,26). The number of nitrogens with one attached hydrogen (secondary N) is 1. The Labute approximate surface area is 163 Å². The highest BCUT2D eigenvalue weighted by Gasteiger charge is 2.19. The van der Waals surface area contributed by atoms with Crippen molar-refractivity contribution in [2.75, 3.05) is 5.32 Å². The summed E-state index contributed by atoms with van der Waals surface area (Å²) in [6, 6.07) is 9.44. The molecule has 0 spiro atoms. The van der Waals surface area contributed by atoms with Gasteiger partial charge in [0.05, 0.1) is 5.25 Å². The van der Waals surface area contributed by atoms with E-state index in [4.69, 9.17) is 0 Å². The Morgan fingerprint density at radius 1 is 1.22 bits per heavy atom. The number of amides is 1. The molecule has 1 amide bonds. The number of carbonyl (C=O) groups is 1. The molecule has 6 nitrogen and oxygen atoms in total. The summed E-state index contributed by atoms with van der Waals surface area (Å²) < 4.78 is 1.79. The number of para-hydroxylation sites is 1. The number of unbranched alkanes of at least 4 members (excludes halogenated alkanes) is 1. The van der Waals surface area contributed by atoms with E-state index in [0.717, 1.165) is 36.3 Å². The minimum atomic E-state index is -0.316. The van der Waals surface area contributed by atoms with Gasteiger partial charge in [0, 0.05) is 17.1 Å². The van der Waals surface area contributed by atoms with E-state index < -0.39 is 0 Å². The van der Waals surface area contributed by atoms with Gasteiger partial charge in [-0.05, 0) is 51.3 Å². The number of nitrogens with zero attached hydrogens (tertiary/aromatic N) is 4. The molecule has 0 aliphatic heterocycles. The number of benzene rings is 1. The van der Waals surface area contributed by atoms with Crippen LogP contribution < -0.4 is 5.32 Å². The predicted molar refractivity (Wildman–Crippen MR) is 109 cm³/mol. The van der Waals surface area contributed by atoms with Crippen LogP contribution in [0.15, 0.2) is 35.5 Å². The zero-order valence-electron chi connectivity index (χ0n) is 16.2. The molecule has 2 aromatic heterocycles. The largest absolute Gasteiger partial charge is 0.325 e. The maximum absolute atomic E-state index is 12.4. The van der Waals surface area contributed by atoms with Crippen molar-refractivity contribution in [2.24, 2.45) is 0 Å². The zero-order valence-corrected chi connectivity index (χ0v) is 17.0. The average molecular weight is 384 g/mol. The number of anilines is 1. The summed E-state index contributed by atoms with van der Waals surface area (Å²) in [4.78, 5) is 21.5. The zero-order chi connectivity index (χ0) is 19.4. The lowest BCUT2D eigenvalue weighted by molar-refractivity contribution is -0.115. The van der Waals surface area contributed by atoms with Crippen LogP contribution in [0.4, 0.5) is 5.69 Å². The molecule has 7 heteroatoms. The molecule has 0 aliphatic rings. The van der Waals surface area contributed by atoms with Crippen LogP contribution in [0.2, 0.25) is 0 Å². The fraction of sp³-hybridized carbons (Fsp3) is 0.400. The quantitative estimate of drug-likeness (QED) is 0.619. The summed E-state index contributed by atoms with van der Waals surface area (Å²) in [6.45, 7) is 8.12. The Hall–Kier alpha value is -2.41. The predicted octanol–water partition coefficient (Wildman–Crippen LogP) is 4.20. The normalized spacial score (nSPS) is 12.3. The molecule has 0 bridgehead atoms. The van der Waals surface area contributed by atoms with E-state index in [1.54, 1.807) is 4.52 Å². The smallest absolute Gasteiger partial charge is 0.253 e. The van der Waals surface area contributed by atoms with Crippen molar-refractivity contribution < 1.29 is 4.79 Å². The molecule has 1 aromatic carbocycles. The summed E-state index contributed by atoms with van der Waals surface area (Å²) in [5.74, 6) is 0.512. The van der Waals surface area contributed by atoms with Gasteiger partial charge < -0.3 is 5.32 Å². The van der Waals surface area contributed by atoms with Gasteiger partial charge >= 0.3 is 0 Å². The monoisotopic (exact) mass is 383 g/mol. The summed E-state index contributed by atoms with van der Waals surface area (Å²) in [6.07, 6.45) is 3.26. The van der Waals surface area contributed by atoms with Crippen LogP contribution in [0, 0.1) is 13.8 Å². The molecule has 3 rings (SSSR count). The van der Waals surface area contributed by atoms with Crippen molar-refractivity contribution in [3.63, 3.8) is 0 Å². The van der Waals surface area contributed by atoms with Crippen LogP contribution in [-0.2, 0) is 11.2 Å². The maximum Gasteiger partial charge on any atom is 0.253 e. The minimum absolute atomic E-state index is 0.0745. The molecule has 27 heavy (non-hydrogen) atoms. The van der Waals surface area contributed by atoms with Crippen molar-refractivity contribution in [1.29, 1.82) is 0 Å². The molecule has 0 radical (unpaired) electrons. The van der Waals surface area contributed by atoms with E-state index in [1.807, 2.05) is 44.2 Å².